The number of ether oxygens (including phenoxy) is 3. The SMILES string of the molecule is CC/C=C\C/C=C\C/C=C\C/C=C\CCCCC(=O)OC(COC(=O)CCCCC/C=C\C/C=C\C/C=C\CC)COP(=O)(O)OCC(CO)OC(=O)CCCCCCCCCCC. The van der Waals surface area contributed by atoms with Gasteiger partial charge in [0, 0.05) is 19.3 Å². The van der Waals surface area contributed by atoms with Crippen molar-refractivity contribution in [1.29, 1.82) is 0 Å². The van der Waals surface area contributed by atoms with Crippen LogP contribution in [0.1, 0.15) is 188 Å². The summed E-state index contributed by atoms with van der Waals surface area (Å²) in [5, 5.41) is 9.73. The van der Waals surface area contributed by atoms with Crippen LogP contribution in [0.3, 0.4) is 0 Å². The Morgan fingerprint density at radius 3 is 1.28 bits per heavy atom. The highest BCUT2D eigenvalue weighted by Crippen LogP contribution is 2.43. The predicted molar refractivity (Wildman–Crippen MR) is 261 cm³/mol. The highest BCUT2D eigenvalue weighted by molar-refractivity contribution is 7.47. The molecule has 366 valence electrons. The fourth-order valence-electron chi connectivity index (χ4n) is 6.12. The molecular weight excluding hydrogens is 832 g/mol. The Morgan fingerprint density at radius 2 is 0.812 bits per heavy atom. The van der Waals surface area contributed by atoms with E-state index in [4.69, 9.17) is 23.3 Å². The normalized spacial score (nSPS) is 14.3. The van der Waals surface area contributed by atoms with Gasteiger partial charge in [0.05, 0.1) is 19.8 Å². The van der Waals surface area contributed by atoms with Crippen molar-refractivity contribution in [2.75, 3.05) is 26.4 Å². The van der Waals surface area contributed by atoms with E-state index in [0.717, 1.165) is 96.3 Å². The number of hydrogen-bond acceptors (Lipinski definition) is 10. The van der Waals surface area contributed by atoms with Crippen molar-refractivity contribution in [1.82, 2.24) is 0 Å². The second-order valence-corrected chi connectivity index (χ2v) is 17.3. The lowest BCUT2D eigenvalue weighted by molar-refractivity contribution is -0.161. The van der Waals surface area contributed by atoms with Crippen molar-refractivity contribution in [3.63, 3.8) is 0 Å². The second-order valence-electron chi connectivity index (χ2n) is 15.9. The quantitative estimate of drug-likeness (QED) is 0.0197. The molecule has 3 atom stereocenters. The monoisotopic (exact) mass is 919 g/mol. The fourth-order valence-corrected chi connectivity index (χ4v) is 6.91. The average Bonchev–Trinajstić information content (AvgIpc) is 3.28. The Bertz CT molecular complexity index is 1400. The van der Waals surface area contributed by atoms with Gasteiger partial charge in [-0.15, -0.1) is 0 Å². The molecule has 0 radical (unpaired) electrons. The molecule has 3 unspecified atom stereocenters. The highest BCUT2D eigenvalue weighted by Gasteiger charge is 2.28. The zero-order valence-corrected chi connectivity index (χ0v) is 40.9. The van der Waals surface area contributed by atoms with Crippen molar-refractivity contribution in [2.24, 2.45) is 0 Å². The molecule has 0 saturated carbocycles. The molecule has 0 saturated heterocycles. The number of rotatable bonds is 44. The maximum Gasteiger partial charge on any atom is 0.472 e. The molecular formula is C52H87O11P. The van der Waals surface area contributed by atoms with Gasteiger partial charge >= 0.3 is 25.7 Å². The molecule has 0 aliphatic heterocycles. The number of unbranched alkanes of at least 4 members (excludes halogenated alkanes) is 13. The lowest BCUT2D eigenvalue weighted by Gasteiger charge is -2.21. The minimum atomic E-state index is -4.75. The van der Waals surface area contributed by atoms with Gasteiger partial charge in [-0.3, -0.25) is 23.4 Å². The van der Waals surface area contributed by atoms with Gasteiger partial charge in [-0.2, -0.15) is 0 Å². The molecule has 0 fully saturated rings. The molecule has 0 heterocycles. The van der Waals surface area contributed by atoms with Crippen LogP contribution >= 0.6 is 7.82 Å². The molecule has 0 aliphatic carbocycles. The van der Waals surface area contributed by atoms with Crippen LogP contribution in [0.4, 0.5) is 0 Å². The summed E-state index contributed by atoms with van der Waals surface area (Å²) in [6.45, 7) is 4.27. The smallest absolute Gasteiger partial charge is 0.462 e. The van der Waals surface area contributed by atoms with E-state index in [2.05, 4.69) is 106 Å². The van der Waals surface area contributed by atoms with Crippen LogP contribution in [-0.2, 0) is 42.2 Å². The van der Waals surface area contributed by atoms with E-state index < -0.39 is 57.8 Å². The summed E-state index contributed by atoms with van der Waals surface area (Å²) in [5.74, 6) is -1.56. The van der Waals surface area contributed by atoms with Crippen molar-refractivity contribution >= 4 is 25.7 Å². The summed E-state index contributed by atoms with van der Waals surface area (Å²) in [7, 11) is -4.75. The number of allylic oxidation sites excluding steroid dienone is 14. The van der Waals surface area contributed by atoms with Crippen LogP contribution in [0, 0.1) is 0 Å². The fraction of sp³-hybridized carbons (Fsp3) is 0.673. The molecule has 0 rings (SSSR count). The molecule has 12 heteroatoms. The second kappa shape index (κ2) is 46.2. The van der Waals surface area contributed by atoms with Gasteiger partial charge in [-0.05, 0) is 89.9 Å². The maximum atomic E-state index is 12.8. The van der Waals surface area contributed by atoms with Crippen molar-refractivity contribution < 1.29 is 52.2 Å². The molecule has 64 heavy (non-hydrogen) atoms. The predicted octanol–water partition coefficient (Wildman–Crippen LogP) is 13.6. The minimum Gasteiger partial charge on any atom is -0.462 e. The zero-order chi connectivity index (χ0) is 47.0. The number of phosphoric acid groups is 1. The Kier molecular flexibility index (Phi) is 43.8. The van der Waals surface area contributed by atoms with E-state index in [-0.39, 0.29) is 25.9 Å². The molecule has 0 aromatic carbocycles. The van der Waals surface area contributed by atoms with Gasteiger partial charge in [0.1, 0.15) is 12.7 Å². The standard InChI is InChI=1S/C52H87O11P/c1-4-7-10-13-16-19-21-23-24-26-28-31-34-37-40-43-52(56)63-49(45-59-50(54)41-38-35-32-30-27-25-22-20-17-14-11-8-5-2)47-61-64(57,58)60-46-48(44-53)62-51(55)42-39-36-33-29-18-15-12-9-6-3/h7-8,10-11,16-17,19-20,23-25,27-28,31,48-49,53H,4-6,9,12-15,18,21-22,26,29-30,32-47H2,1-3H3,(H,57,58)/b10-7-,11-8-,19-16-,20-17-,24-23-,27-25-,31-28-. The first-order valence-electron chi connectivity index (χ1n) is 24.5. The number of esters is 3. The molecule has 11 nitrogen and oxygen atoms in total. The van der Waals surface area contributed by atoms with Crippen molar-refractivity contribution in [2.45, 2.75) is 200 Å². The number of hydrogen-bond donors (Lipinski definition) is 2. The summed E-state index contributed by atoms with van der Waals surface area (Å²) >= 11 is 0. The number of carbonyl (C=O) groups excluding carboxylic acids is 3. The molecule has 0 amide bonds. The Hall–Kier alpha value is -3.34. The van der Waals surface area contributed by atoms with Crippen LogP contribution in [0.2, 0.25) is 0 Å². The summed E-state index contributed by atoms with van der Waals surface area (Å²) in [4.78, 5) is 48.1. The van der Waals surface area contributed by atoms with E-state index >= 15 is 0 Å². The Labute approximate surface area is 388 Å². The molecule has 0 bridgehead atoms. The van der Waals surface area contributed by atoms with E-state index in [0.29, 0.717) is 19.3 Å². The Balaban J connectivity index is 4.88. The van der Waals surface area contributed by atoms with E-state index in [1.165, 1.54) is 32.1 Å². The first-order chi connectivity index (χ1) is 31.2. The molecule has 0 aliphatic rings. The lowest BCUT2D eigenvalue weighted by Crippen LogP contribution is -2.30. The largest absolute Gasteiger partial charge is 0.472 e. The van der Waals surface area contributed by atoms with Gasteiger partial charge in [0.25, 0.3) is 0 Å². The number of aliphatic hydroxyl groups excluding tert-OH is 1. The zero-order valence-electron chi connectivity index (χ0n) is 40.0. The topological polar surface area (TPSA) is 155 Å². The van der Waals surface area contributed by atoms with Crippen molar-refractivity contribution in [3.05, 3.63) is 85.1 Å². The third-order valence-corrected chi connectivity index (χ3v) is 10.8. The van der Waals surface area contributed by atoms with E-state index in [1.807, 2.05) is 0 Å². The molecule has 2 N–H and O–H groups in total. The van der Waals surface area contributed by atoms with Gasteiger partial charge in [0.15, 0.2) is 6.10 Å². The van der Waals surface area contributed by atoms with Crippen molar-refractivity contribution in [3.8, 4) is 0 Å². The van der Waals surface area contributed by atoms with E-state index in [9.17, 15) is 28.9 Å². The summed E-state index contributed by atoms with van der Waals surface area (Å²) in [6, 6.07) is 0. The van der Waals surface area contributed by atoms with Gasteiger partial charge in [-0.1, -0.05) is 164 Å². The lowest BCUT2D eigenvalue weighted by atomic mass is 10.1. The summed E-state index contributed by atoms with van der Waals surface area (Å²) in [6.07, 6.45) is 50.0. The molecule has 0 aromatic rings. The summed E-state index contributed by atoms with van der Waals surface area (Å²) < 4.78 is 39.1. The first kappa shape index (κ1) is 60.7. The number of carbonyl (C=O) groups is 3. The third-order valence-electron chi connectivity index (χ3n) is 9.81. The third kappa shape index (κ3) is 43.9. The highest BCUT2D eigenvalue weighted by atomic mass is 31.2. The number of phosphoric ester groups is 1. The first-order valence-corrected chi connectivity index (χ1v) is 26.0. The van der Waals surface area contributed by atoms with Crippen LogP contribution in [0.5, 0.6) is 0 Å². The minimum absolute atomic E-state index is 0.106. The van der Waals surface area contributed by atoms with E-state index in [1.54, 1.807) is 0 Å². The van der Waals surface area contributed by atoms with Gasteiger partial charge < -0.3 is 24.2 Å². The number of aliphatic hydroxyl groups is 1. The molecule has 0 spiro atoms. The van der Waals surface area contributed by atoms with Gasteiger partial charge in [-0.25, -0.2) is 4.57 Å². The average molecular weight is 919 g/mol. The summed E-state index contributed by atoms with van der Waals surface area (Å²) in [5.41, 5.74) is 0. The van der Waals surface area contributed by atoms with Crippen LogP contribution in [0.25, 0.3) is 0 Å². The van der Waals surface area contributed by atoms with Crippen LogP contribution in [-0.4, -0.2) is 66.5 Å². The molecule has 0 aromatic heterocycles. The maximum absolute atomic E-state index is 12.8. The van der Waals surface area contributed by atoms with Crippen LogP contribution < -0.4 is 0 Å². The van der Waals surface area contributed by atoms with Gasteiger partial charge in [0.2, 0.25) is 0 Å². The van der Waals surface area contributed by atoms with Crippen LogP contribution in [0.15, 0.2) is 85.1 Å². The Morgan fingerprint density at radius 1 is 0.453 bits per heavy atom.